The summed E-state index contributed by atoms with van der Waals surface area (Å²) in [6.07, 6.45) is 5.58. The van der Waals surface area contributed by atoms with E-state index in [2.05, 4.69) is 17.2 Å². The number of aryl methyl sites for hydroxylation is 1. The number of carbonyl (C=O) groups is 1. The Balaban J connectivity index is 1.56. The van der Waals surface area contributed by atoms with E-state index in [1.54, 1.807) is 24.4 Å². The molecule has 1 N–H and O–H groups in total. The molecule has 4 rings (SSSR count). The Morgan fingerprint density at radius 1 is 1.22 bits per heavy atom. The number of hydrogen-bond acceptors (Lipinski definition) is 6. The molecule has 1 saturated heterocycles. The molecule has 0 unspecified atom stereocenters. The minimum atomic E-state index is -0.408. The van der Waals surface area contributed by atoms with Gasteiger partial charge in [0.25, 0.3) is 11.6 Å². The van der Waals surface area contributed by atoms with Gasteiger partial charge in [0.05, 0.1) is 10.6 Å². The smallest absolute Gasteiger partial charge is 0.293 e. The van der Waals surface area contributed by atoms with Gasteiger partial charge in [0, 0.05) is 49.1 Å². The van der Waals surface area contributed by atoms with E-state index in [4.69, 9.17) is 0 Å². The Morgan fingerprint density at radius 3 is 2.66 bits per heavy atom. The van der Waals surface area contributed by atoms with E-state index in [1.807, 2.05) is 40.9 Å². The van der Waals surface area contributed by atoms with Crippen molar-refractivity contribution >= 4 is 34.7 Å². The first-order chi connectivity index (χ1) is 15.4. The summed E-state index contributed by atoms with van der Waals surface area (Å²) < 4.78 is 1.90. The van der Waals surface area contributed by atoms with Crippen molar-refractivity contribution < 1.29 is 9.72 Å². The molecule has 0 saturated carbocycles. The fourth-order valence-electron chi connectivity index (χ4n) is 3.73. The first kappa shape index (κ1) is 21.9. The van der Waals surface area contributed by atoms with Crippen molar-refractivity contribution in [1.82, 2.24) is 9.55 Å². The second kappa shape index (κ2) is 9.44. The van der Waals surface area contributed by atoms with Crippen LogP contribution in [0.15, 0.2) is 64.9 Å². The predicted molar refractivity (Wildman–Crippen MR) is 125 cm³/mol. The highest BCUT2D eigenvalue weighted by Gasteiger charge is 2.25. The number of amides is 1. The van der Waals surface area contributed by atoms with E-state index >= 15 is 0 Å². The summed E-state index contributed by atoms with van der Waals surface area (Å²) in [6, 6.07) is 12.2. The van der Waals surface area contributed by atoms with Crippen molar-refractivity contribution in [2.24, 2.45) is 13.0 Å². The largest absolute Gasteiger partial charge is 0.366 e. The zero-order valence-electron chi connectivity index (χ0n) is 18.0. The lowest BCUT2D eigenvalue weighted by molar-refractivity contribution is -0.384. The van der Waals surface area contributed by atoms with E-state index < -0.39 is 4.92 Å². The SMILES string of the molecule is CC1CCN(c2ccc(C(=O)Nc3ccccc3Sc3nccn3C)cc2[N+](=O)[O-])CC1. The highest BCUT2D eigenvalue weighted by atomic mass is 32.2. The summed E-state index contributed by atoms with van der Waals surface area (Å²) >= 11 is 1.44. The molecule has 166 valence electrons. The maximum atomic E-state index is 13.0. The van der Waals surface area contributed by atoms with E-state index in [0.717, 1.165) is 36.0 Å². The van der Waals surface area contributed by atoms with Crippen molar-refractivity contribution in [3.05, 3.63) is 70.5 Å². The molecule has 1 aliphatic heterocycles. The number of anilines is 2. The number of para-hydroxylation sites is 1. The molecule has 1 aromatic heterocycles. The van der Waals surface area contributed by atoms with E-state index in [9.17, 15) is 14.9 Å². The van der Waals surface area contributed by atoms with Crippen LogP contribution >= 0.6 is 11.8 Å². The van der Waals surface area contributed by atoms with Crippen LogP contribution in [0.2, 0.25) is 0 Å². The van der Waals surface area contributed by atoms with Crippen LogP contribution in [0.5, 0.6) is 0 Å². The zero-order chi connectivity index (χ0) is 22.7. The van der Waals surface area contributed by atoms with Crippen LogP contribution in [-0.2, 0) is 7.05 Å². The van der Waals surface area contributed by atoms with E-state index in [-0.39, 0.29) is 17.2 Å². The minimum Gasteiger partial charge on any atom is -0.366 e. The summed E-state index contributed by atoms with van der Waals surface area (Å²) in [4.78, 5) is 31.5. The number of nitrogens with zero attached hydrogens (tertiary/aromatic N) is 4. The molecule has 0 spiro atoms. The summed E-state index contributed by atoms with van der Waals surface area (Å²) in [5.74, 6) is 0.235. The average molecular weight is 452 g/mol. The number of hydrogen-bond donors (Lipinski definition) is 1. The van der Waals surface area contributed by atoms with Gasteiger partial charge in [0.1, 0.15) is 5.69 Å². The maximum Gasteiger partial charge on any atom is 0.293 e. The highest BCUT2D eigenvalue weighted by Crippen LogP contribution is 2.34. The number of imidazole rings is 1. The fraction of sp³-hybridized carbons (Fsp3) is 0.304. The van der Waals surface area contributed by atoms with Crippen LogP contribution in [0.25, 0.3) is 0 Å². The molecule has 0 bridgehead atoms. The van der Waals surface area contributed by atoms with Gasteiger partial charge in [-0.3, -0.25) is 14.9 Å². The Hall–Kier alpha value is -3.33. The molecule has 0 atom stereocenters. The second-order valence-electron chi connectivity index (χ2n) is 8.00. The van der Waals surface area contributed by atoms with Crippen molar-refractivity contribution in [1.29, 1.82) is 0 Å². The molecule has 32 heavy (non-hydrogen) atoms. The highest BCUT2D eigenvalue weighted by molar-refractivity contribution is 7.99. The van der Waals surface area contributed by atoms with Crippen LogP contribution in [0, 0.1) is 16.0 Å². The third kappa shape index (κ3) is 4.77. The molecule has 2 heterocycles. The monoisotopic (exact) mass is 451 g/mol. The van der Waals surface area contributed by atoms with Crippen LogP contribution in [0.4, 0.5) is 17.1 Å². The van der Waals surface area contributed by atoms with Crippen molar-refractivity contribution in [3.8, 4) is 0 Å². The lowest BCUT2D eigenvalue weighted by Gasteiger charge is -2.31. The maximum absolute atomic E-state index is 13.0. The van der Waals surface area contributed by atoms with Gasteiger partial charge in [0.15, 0.2) is 5.16 Å². The Kier molecular flexibility index (Phi) is 6.45. The Morgan fingerprint density at radius 2 is 1.97 bits per heavy atom. The molecular formula is C23H25N5O3S. The van der Waals surface area contributed by atoms with Gasteiger partial charge < -0.3 is 14.8 Å². The molecule has 1 amide bonds. The molecule has 1 aliphatic rings. The molecule has 3 aromatic rings. The third-order valence-electron chi connectivity index (χ3n) is 5.67. The number of rotatable bonds is 6. The number of aromatic nitrogens is 2. The van der Waals surface area contributed by atoms with Crippen LogP contribution in [0.3, 0.4) is 0 Å². The minimum absolute atomic E-state index is 0.0390. The van der Waals surface area contributed by atoms with Gasteiger partial charge in [-0.1, -0.05) is 19.1 Å². The van der Waals surface area contributed by atoms with Gasteiger partial charge in [-0.25, -0.2) is 4.98 Å². The summed E-state index contributed by atoms with van der Waals surface area (Å²) in [6.45, 7) is 3.76. The summed E-state index contributed by atoms with van der Waals surface area (Å²) in [5.41, 5.74) is 1.41. The molecular weight excluding hydrogens is 426 g/mol. The average Bonchev–Trinajstić information content (AvgIpc) is 3.19. The normalized spacial score (nSPS) is 14.4. The van der Waals surface area contributed by atoms with Crippen molar-refractivity contribution in [2.45, 2.75) is 29.8 Å². The van der Waals surface area contributed by atoms with Crippen LogP contribution < -0.4 is 10.2 Å². The predicted octanol–water partition coefficient (Wildman–Crippen LogP) is 4.97. The molecule has 9 heteroatoms. The van der Waals surface area contributed by atoms with Gasteiger partial charge in [-0.15, -0.1) is 0 Å². The Bertz CT molecular complexity index is 1140. The number of nitrogens with one attached hydrogen (secondary N) is 1. The van der Waals surface area contributed by atoms with E-state index in [1.165, 1.54) is 17.8 Å². The first-order valence-corrected chi connectivity index (χ1v) is 11.3. The number of carbonyl (C=O) groups excluding carboxylic acids is 1. The van der Waals surface area contributed by atoms with Gasteiger partial charge >= 0.3 is 0 Å². The summed E-state index contributed by atoms with van der Waals surface area (Å²) in [7, 11) is 1.90. The first-order valence-electron chi connectivity index (χ1n) is 10.5. The van der Waals surface area contributed by atoms with Crippen LogP contribution in [0.1, 0.15) is 30.1 Å². The molecule has 1 fully saturated rings. The number of benzene rings is 2. The number of nitro groups is 1. The van der Waals surface area contributed by atoms with Crippen molar-refractivity contribution in [3.63, 3.8) is 0 Å². The zero-order valence-corrected chi connectivity index (χ0v) is 18.8. The molecule has 2 aromatic carbocycles. The third-order valence-corrected chi connectivity index (χ3v) is 6.82. The quantitative estimate of drug-likeness (QED) is 0.420. The van der Waals surface area contributed by atoms with E-state index in [0.29, 0.717) is 17.3 Å². The van der Waals surface area contributed by atoms with Gasteiger partial charge in [-0.2, -0.15) is 0 Å². The Labute approximate surface area is 190 Å². The lowest BCUT2D eigenvalue weighted by Crippen LogP contribution is -2.33. The molecule has 8 nitrogen and oxygen atoms in total. The fourth-order valence-corrected chi connectivity index (χ4v) is 4.62. The van der Waals surface area contributed by atoms with Crippen molar-refractivity contribution in [2.75, 3.05) is 23.3 Å². The van der Waals surface area contributed by atoms with Gasteiger partial charge in [0.2, 0.25) is 0 Å². The number of nitro benzene ring substituents is 1. The standard InChI is InChI=1S/C23H25N5O3S/c1-16-9-12-27(13-10-16)19-8-7-17(15-20(19)28(30)31)22(29)25-18-5-3-4-6-21(18)32-23-24-11-14-26(23)2/h3-8,11,14-16H,9-10,12-13H2,1-2H3,(H,25,29). The molecule has 0 radical (unpaired) electrons. The number of piperidine rings is 1. The van der Waals surface area contributed by atoms with Crippen LogP contribution in [-0.4, -0.2) is 33.5 Å². The molecule has 0 aliphatic carbocycles. The van der Waals surface area contributed by atoms with Gasteiger partial charge in [-0.05, 0) is 54.8 Å². The second-order valence-corrected chi connectivity index (χ2v) is 9.01. The summed E-state index contributed by atoms with van der Waals surface area (Å²) in [5, 5.41) is 15.5. The lowest BCUT2D eigenvalue weighted by atomic mass is 9.98. The topological polar surface area (TPSA) is 93.3 Å².